The van der Waals surface area contributed by atoms with E-state index >= 15 is 0 Å². The first kappa shape index (κ1) is 14.2. The number of aryl methyl sites for hydroxylation is 1. The van der Waals surface area contributed by atoms with Crippen molar-refractivity contribution < 1.29 is 0 Å². The van der Waals surface area contributed by atoms with Crippen LogP contribution in [0.4, 0.5) is 0 Å². The highest BCUT2D eigenvalue weighted by molar-refractivity contribution is 5.24. The zero-order valence-corrected chi connectivity index (χ0v) is 11.5. The zero-order valence-electron chi connectivity index (χ0n) is 11.5. The van der Waals surface area contributed by atoms with E-state index in [4.69, 9.17) is 5.73 Å². The van der Waals surface area contributed by atoms with Gasteiger partial charge in [-0.25, -0.2) is 0 Å². The van der Waals surface area contributed by atoms with Crippen molar-refractivity contribution >= 4 is 0 Å². The number of benzene rings is 1. The third kappa shape index (κ3) is 4.49. The molecule has 1 aromatic rings. The van der Waals surface area contributed by atoms with Crippen LogP contribution in [-0.2, 0) is 0 Å². The van der Waals surface area contributed by atoms with Gasteiger partial charge in [-0.15, -0.1) is 0 Å². The van der Waals surface area contributed by atoms with E-state index in [1.165, 1.54) is 11.1 Å². The normalized spacial score (nSPS) is 14.9. The molecule has 0 amide bonds. The molecule has 0 radical (unpaired) electrons. The molecule has 2 heteroatoms. The van der Waals surface area contributed by atoms with E-state index in [0.29, 0.717) is 17.9 Å². The lowest BCUT2D eigenvalue weighted by Crippen LogP contribution is -2.33. The Kier molecular flexibility index (Phi) is 5.66. The van der Waals surface area contributed by atoms with Gasteiger partial charge in [0.05, 0.1) is 0 Å². The summed E-state index contributed by atoms with van der Waals surface area (Å²) in [4.78, 5) is 0. The molecule has 0 aromatic heterocycles. The fraction of sp³-hybridized carbons (Fsp3) is 0.600. The minimum atomic E-state index is 0.391. The molecule has 1 aromatic carbocycles. The molecule has 96 valence electrons. The molecule has 0 heterocycles. The number of nitrogens with one attached hydrogen (secondary N) is 1. The molecule has 0 bridgehead atoms. The van der Waals surface area contributed by atoms with Gasteiger partial charge >= 0.3 is 0 Å². The largest absolute Gasteiger partial charge is 0.330 e. The molecular weight excluding hydrogens is 208 g/mol. The van der Waals surface area contributed by atoms with Crippen LogP contribution < -0.4 is 11.1 Å². The van der Waals surface area contributed by atoms with Crippen molar-refractivity contribution in [1.82, 2.24) is 5.32 Å². The Morgan fingerprint density at radius 3 is 2.47 bits per heavy atom. The predicted molar refractivity (Wildman–Crippen MR) is 75.0 cm³/mol. The van der Waals surface area contributed by atoms with Gasteiger partial charge in [0.15, 0.2) is 0 Å². The summed E-state index contributed by atoms with van der Waals surface area (Å²) in [6.07, 6.45) is 0. The number of hydrogen-bond acceptors (Lipinski definition) is 2. The minimum absolute atomic E-state index is 0.391. The maximum atomic E-state index is 5.78. The van der Waals surface area contributed by atoms with Crippen molar-refractivity contribution in [3.05, 3.63) is 35.4 Å². The second kappa shape index (κ2) is 6.77. The van der Waals surface area contributed by atoms with Crippen molar-refractivity contribution in [2.75, 3.05) is 13.1 Å². The predicted octanol–water partition coefficient (Wildman–Crippen LogP) is 2.88. The molecule has 2 nitrogen and oxygen atoms in total. The first-order valence-corrected chi connectivity index (χ1v) is 6.54. The van der Waals surface area contributed by atoms with E-state index in [1.54, 1.807) is 0 Å². The summed E-state index contributed by atoms with van der Waals surface area (Å²) >= 11 is 0. The molecular formula is C15H26N2. The van der Waals surface area contributed by atoms with Crippen LogP contribution in [0.25, 0.3) is 0 Å². The van der Waals surface area contributed by atoms with Gasteiger partial charge in [-0.1, -0.05) is 43.7 Å². The lowest BCUT2D eigenvalue weighted by atomic mass is 9.95. The van der Waals surface area contributed by atoms with Gasteiger partial charge in [0.2, 0.25) is 0 Å². The molecule has 0 saturated heterocycles. The molecule has 0 spiro atoms. The van der Waals surface area contributed by atoms with Crippen LogP contribution in [0.1, 0.15) is 37.9 Å². The Morgan fingerprint density at radius 1 is 1.24 bits per heavy atom. The molecule has 0 saturated carbocycles. The molecule has 2 atom stereocenters. The lowest BCUT2D eigenvalue weighted by Gasteiger charge is -2.22. The van der Waals surface area contributed by atoms with Gasteiger partial charge in [0, 0.05) is 6.04 Å². The number of rotatable bonds is 6. The maximum absolute atomic E-state index is 5.78. The third-order valence-corrected chi connectivity index (χ3v) is 3.47. The van der Waals surface area contributed by atoms with Crippen molar-refractivity contribution in [1.29, 1.82) is 0 Å². The average molecular weight is 234 g/mol. The van der Waals surface area contributed by atoms with Gasteiger partial charge in [-0.2, -0.15) is 0 Å². The molecule has 0 aliphatic heterocycles. The van der Waals surface area contributed by atoms with Crippen LogP contribution in [0, 0.1) is 18.8 Å². The van der Waals surface area contributed by atoms with Crippen LogP contribution in [0.5, 0.6) is 0 Å². The second-order valence-electron chi connectivity index (χ2n) is 5.28. The van der Waals surface area contributed by atoms with E-state index in [2.05, 4.69) is 57.3 Å². The van der Waals surface area contributed by atoms with Gasteiger partial charge in [-0.05, 0) is 44.3 Å². The fourth-order valence-corrected chi connectivity index (χ4v) is 1.98. The third-order valence-electron chi connectivity index (χ3n) is 3.47. The van der Waals surface area contributed by atoms with Crippen LogP contribution in [0.2, 0.25) is 0 Å². The standard InChI is InChI=1S/C15H26N2/c1-11(2)15(9-16)10-17-13(4)14-7-5-6-12(3)8-14/h5-8,11,13,15,17H,9-10,16H2,1-4H3/t13-,15?/m0/s1. The van der Waals surface area contributed by atoms with Crippen molar-refractivity contribution in [3.63, 3.8) is 0 Å². The Morgan fingerprint density at radius 2 is 1.94 bits per heavy atom. The minimum Gasteiger partial charge on any atom is -0.330 e. The van der Waals surface area contributed by atoms with E-state index in [-0.39, 0.29) is 0 Å². The summed E-state index contributed by atoms with van der Waals surface area (Å²) in [6.45, 7) is 10.6. The molecule has 1 unspecified atom stereocenters. The van der Waals surface area contributed by atoms with Gasteiger partial charge in [0.1, 0.15) is 0 Å². The van der Waals surface area contributed by atoms with Crippen molar-refractivity contribution in [2.45, 2.75) is 33.7 Å². The maximum Gasteiger partial charge on any atom is 0.0292 e. The first-order chi connectivity index (χ1) is 8.04. The van der Waals surface area contributed by atoms with Gasteiger partial charge < -0.3 is 11.1 Å². The average Bonchev–Trinajstić information content (AvgIpc) is 2.29. The topological polar surface area (TPSA) is 38.0 Å². The number of nitrogens with two attached hydrogens (primary N) is 1. The van der Waals surface area contributed by atoms with Crippen LogP contribution in [0.3, 0.4) is 0 Å². The first-order valence-electron chi connectivity index (χ1n) is 6.54. The van der Waals surface area contributed by atoms with Crippen LogP contribution in [0.15, 0.2) is 24.3 Å². The summed E-state index contributed by atoms with van der Waals surface area (Å²) in [5, 5.41) is 3.58. The highest BCUT2D eigenvalue weighted by Crippen LogP contribution is 2.15. The van der Waals surface area contributed by atoms with Crippen LogP contribution >= 0.6 is 0 Å². The van der Waals surface area contributed by atoms with Crippen molar-refractivity contribution in [2.24, 2.45) is 17.6 Å². The van der Waals surface area contributed by atoms with E-state index in [1.807, 2.05) is 0 Å². The van der Waals surface area contributed by atoms with Crippen molar-refractivity contribution in [3.8, 4) is 0 Å². The summed E-state index contributed by atoms with van der Waals surface area (Å²) in [5.41, 5.74) is 8.45. The molecule has 1 rings (SSSR count). The summed E-state index contributed by atoms with van der Waals surface area (Å²) < 4.78 is 0. The fourth-order valence-electron chi connectivity index (χ4n) is 1.98. The Balaban J connectivity index is 2.52. The highest BCUT2D eigenvalue weighted by atomic mass is 14.9. The molecule has 0 aliphatic rings. The summed E-state index contributed by atoms with van der Waals surface area (Å²) in [6, 6.07) is 9.06. The second-order valence-corrected chi connectivity index (χ2v) is 5.28. The SMILES string of the molecule is Cc1cccc([C@H](C)NCC(CN)C(C)C)c1. The Hall–Kier alpha value is -0.860. The monoisotopic (exact) mass is 234 g/mol. The highest BCUT2D eigenvalue weighted by Gasteiger charge is 2.13. The molecule has 0 fully saturated rings. The quantitative estimate of drug-likeness (QED) is 0.794. The molecule has 17 heavy (non-hydrogen) atoms. The summed E-state index contributed by atoms with van der Waals surface area (Å²) in [5.74, 6) is 1.19. The molecule has 3 N–H and O–H groups in total. The van der Waals surface area contributed by atoms with E-state index in [9.17, 15) is 0 Å². The Bertz CT molecular complexity index is 333. The smallest absolute Gasteiger partial charge is 0.0292 e. The zero-order chi connectivity index (χ0) is 12.8. The Labute approximate surface area is 106 Å². The van der Waals surface area contributed by atoms with Crippen LogP contribution in [-0.4, -0.2) is 13.1 Å². The van der Waals surface area contributed by atoms with E-state index in [0.717, 1.165) is 13.1 Å². The van der Waals surface area contributed by atoms with Gasteiger partial charge in [-0.3, -0.25) is 0 Å². The summed E-state index contributed by atoms with van der Waals surface area (Å²) in [7, 11) is 0. The molecule has 0 aliphatic carbocycles. The van der Waals surface area contributed by atoms with E-state index < -0.39 is 0 Å². The lowest BCUT2D eigenvalue weighted by molar-refractivity contribution is 0.356. The van der Waals surface area contributed by atoms with Gasteiger partial charge in [0.25, 0.3) is 0 Å². The number of hydrogen-bond donors (Lipinski definition) is 2.